The summed E-state index contributed by atoms with van der Waals surface area (Å²) < 4.78 is 41.1. The third-order valence-electron chi connectivity index (χ3n) is 4.55. The summed E-state index contributed by atoms with van der Waals surface area (Å²) in [5.41, 5.74) is 3.07. The highest BCUT2D eigenvalue weighted by Gasteiger charge is 2.38. The second kappa shape index (κ2) is 7.84. The number of carbonyl (C=O) groups is 1. The van der Waals surface area contributed by atoms with Gasteiger partial charge in [-0.2, -0.15) is 13.2 Å². The first-order valence-electron chi connectivity index (χ1n) is 8.82. The van der Waals surface area contributed by atoms with Crippen molar-refractivity contribution in [1.29, 1.82) is 0 Å². The summed E-state index contributed by atoms with van der Waals surface area (Å²) in [5.74, 6) is 0.161. The zero-order valence-corrected chi connectivity index (χ0v) is 17.0. The van der Waals surface area contributed by atoms with Gasteiger partial charge in [0.2, 0.25) is 11.1 Å². The van der Waals surface area contributed by atoms with Crippen molar-refractivity contribution in [3.05, 3.63) is 70.5 Å². The maximum absolute atomic E-state index is 13.1. The van der Waals surface area contributed by atoms with Crippen molar-refractivity contribution in [1.82, 2.24) is 14.9 Å². The minimum atomic E-state index is -4.63. The van der Waals surface area contributed by atoms with E-state index in [0.29, 0.717) is 11.0 Å². The van der Waals surface area contributed by atoms with E-state index in [1.54, 1.807) is 11.6 Å². The number of amides is 1. The van der Waals surface area contributed by atoms with E-state index in [2.05, 4.69) is 20.9 Å². The molecule has 2 atom stereocenters. The Labute approximate surface area is 178 Å². The molecule has 1 amide bonds. The van der Waals surface area contributed by atoms with Gasteiger partial charge < -0.3 is 10.7 Å². The van der Waals surface area contributed by atoms with Gasteiger partial charge in [-0.25, -0.2) is 4.68 Å². The van der Waals surface area contributed by atoms with E-state index >= 15 is 0 Å². The fourth-order valence-corrected chi connectivity index (χ4v) is 4.45. The maximum atomic E-state index is 13.1. The molecule has 1 aromatic heterocycles. The van der Waals surface area contributed by atoms with E-state index < -0.39 is 34.0 Å². The van der Waals surface area contributed by atoms with Crippen molar-refractivity contribution in [2.24, 2.45) is 0 Å². The molecule has 0 bridgehead atoms. The molecule has 0 saturated carbocycles. The second-order valence-corrected chi connectivity index (χ2v) is 8.12. The number of anilines is 1. The number of rotatable bonds is 3. The predicted molar refractivity (Wildman–Crippen MR) is 108 cm³/mol. The number of hydrogen-bond acceptors (Lipinski definition) is 5. The Kier molecular flexibility index (Phi) is 5.37. The Balaban J connectivity index is 1.65. The molecule has 1 aliphatic rings. The summed E-state index contributed by atoms with van der Waals surface area (Å²) in [6.07, 6.45) is -4.63. The number of aromatic nitrogens is 3. The molecular weight excluding hydrogens is 439 g/mol. The fourth-order valence-electron chi connectivity index (χ4n) is 3.10. The largest absolute Gasteiger partial charge is 0.417 e. The average molecular weight is 454 g/mol. The van der Waals surface area contributed by atoms with E-state index in [1.807, 2.05) is 30.3 Å². The van der Waals surface area contributed by atoms with Crippen molar-refractivity contribution in [2.75, 3.05) is 10.7 Å². The van der Waals surface area contributed by atoms with Gasteiger partial charge in [0.25, 0.3) is 0 Å². The Morgan fingerprint density at radius 1 is 1.20 bits per heavy atom. The Morgan fingerprint density at radius 3 is 2.63 bits per heavy atom. The standard InChI is InChI=1S/C19H15ClF3N5OS/c1-10-25-26-18-28(10)27-15(11-5-3-2-4-6-11)16(30-18)17(29)24-12-7-8-14(20)13(9-12)19(21,22)23/h2-9,15-16,27H,1H3,(H,24,29)/t15-,16+/m0/s1. The highest BCUT2D eigenvalue weighted by molar-refractivity contribution is 8.00. The van der Waals surface area contributed by atoms with E-state index in [-0.39, 0.29) is 5.69 Å². The van der Waals surface area contributed by atoms with E-state index in [9.17, 15) is 18.0 Å². The molecule has 11 heteroatoms. The van der Waals surface area contributed by atoms with Gasteiger partial charge in [0.1, 0.15) is 11.1 Å². The number of thioether (sulfide) groups is 1. The SMILES string of the molecule is Cc1nnc2n1N[C@@H](c1ccccc1)[C@H](C(=O)Nc1ccc(Cl)c(C(F)(F)F)c1)S2. The van der Waals surface area contributed by atoms with Gasteiger partial charge in [-0.15, -0.1) is 10.2 Å². The lowest BCUT2D eigenvalue weighted by atomic mass is 10.0. The summed E-state index contributed by atoms with van der Waals surface area (Å²) in [6.45, 7) is 1.78. The number of carbonyl (C=O) groups excluding carboxylic acids is 1. The van der Waals surface area contributed by atoms with Gasteiger partial charge in [0.05, 0.1) is 16.6 Å². The van der Waals surface area contributed by atoms with Crippen molar-refractivity contribution < 1.29 is 18.0 Å². The number of alkyl halides is 3. The van der Waals surface area contributed by atoms with Crippen LogP contribution in [0.15, 0.2) is 53.7 Å². The van der Waals surface area contributed by atoms with Gasteiger partial charge in [0.15, 0.2) is 0 Å². The van der Waals surface area contributed by atoms with Crippen LogP contribution in [0.3, 0.4) is 0 Å². The summed E-state index contributed by atoms with van der Waals surface area (Å²) >= 11 is 6.85. The van der Waals surface area contributed by atoms with Gasteiger partial charge in [-0.1, -0.05) is 53.7 Å². The molecule has 0 spiro atoms. The minimum Gasteiger partial charge on any atom is -0.325 e. The molecule has 0 radical (unpaired) electrons. The number of hydrogen-bond donors (Lipinski definition) is 2. The van der Waals surface area contributed by atoms with Gasteiger partial charge >= 0.3 is 6.18 Å². The van der Waals surface area contributed by atoms with E-state index in [4.69, 9.17) is 11.6 Å². The minimum absolute atomic E-state index is 0.00681. The van der Waals surface area contributed by atoms with Gasteiger partial charge in [0, 0.05) is 5.69 Å². The van der Waals surface area contributed by atoms with Crippen molar-refractivity contribution in [2.45, 2.75) is 29.5 Å². The third kappa shape index (κ3) is 3.97. The molecule has 6 nitrogen and oxygen atoms in total. The van der Waals surface area contributed by atoms with Crippen LogP contribution in [0.25, 0.3) is 0 Å². The monoisotopic (exact) mass is 453 g/mol. The van der Waals surface area contributed by atoms with E-state index in [0.717, 1.165) is 17.7 Å². The van der Waals surface area contributed by atoms with Crippen LogP contribution in [-0.4, -0.2) is 26.0 Å². The number of fused-ring (bicyclic) bond motifs is 1. The number of halogens is 4. The van der Waals surface area contributed by atoms with Crippen molar-refractivity contribution in [3.8, 4) is 0 Å². The average Bonchev–Trinajstić information content (AvgIpc) is 3.08. The molecule has 0 unspecified atom stereocenters. The predicted octanol–water partition coefficient (Wildman–Crippen LogP) is 4.66. The molecule has 2 heterocycles. The van der Waals surface area contributed by atoms with Crippen molar-refractivity contribution in [3.63, 3.8) is 0 Å². The quantitative estimate of drug-likeness (QED) is 0.603. The smallest absolute Gasteiger partial charge is 0.325 e. The molecule has 4 rings (SSSR count). The first kappa shape index (κ1) is 20.5. The number of nitrogens with one attached hydrogen (secondary N) is 2. The van der Waals surface area contributed by atoms with E-state index in [1.165, 1.54) is 17.8 Å². The molecule has 156 valence electrons. The molecule has 1 aliphatic heterocycles. The first-order valence-corrected chi connectivity index (χ1v) is 10.1. The van der Waals surface area contributed by atoms with Crippen LogP contribution < -0.4 is 10.7 Å². The lowest BCUT2D eigenvalue weighted by molar-refractivity contribution is -0.137. The van der Waals surface area contributed by atoms with Gasteiger partial charge in [-0.3, -0.25) is 4.79 Å². The Morgan fingerprint density at radius 2 is 1.93 bits per heavy atom. The lowest BCUT2D eigenvalue weighted by Crippen LogP contribution is -2.41. The fraction of sp³-hybridized carbons (Fsp3) is 0.211. The summed E-state index contributed by atoms with van der Waals surface area (Å²) in [4.78, 5) is 13.1. The third-order valence-corrected chi connectivity index (χ3v) is 6.10. The molecule has 3 aromatic rings. The van der Waals surface area contributed by atoms with Crippen LogP contribution in [-0.2, 0) is 11.0 Å². The zero-order valence-electron chi connectivity index (χ0n) is 15.4. The topological polar surface area (TPSA) is 71.8 Å². The molecule has 30 heavy (non-hydrogen) atoms. The van der Waals surface area contributed by atoms with Crippen molar-refractivity contribution >= 4 is 35.0 Å². The van der Waals surface area contributed by atoms with Gasteiger partial charge in [-0.05, 0) is 30.7 Å². The van der Waals surface area contributed by atoms with Crippen LogP contribution in [0, 0.1) is 6.92 Å². The Hall–Kier alpha value is -2.72. The number of aryl methyl sites for hydroxylation is 1. The van der Waals surface area contributed by atoms with Crippen LogP contribution in [0.2, 0.25) is 5.02 Å². The molecule has 0 saturated heterocycles. The lowest BCUT2D eigenvalue weighted by Gasteiger charge is -2.32. The summed E-state index contributed by atoms with van der Waals surface area (Å²) in [6, 6.07) is 12.1. The summed E-state index contributed by atoms with van der Waals surface area (Å²) in [5, 5.41) is 9.99. The number of nitrogens with zero attached hydrogens (tertiary/aromatic N) is 3. The van der Waals surface area contributed by atoms with Crippen LogP contribution in [0.4, 0.5) is 18.9 Å². The highest BCUT2D eigenvalue weighted by atomic mass is 35.5. The Bertz CT molecular complexity index is 1090. The molecule has 2 aromatic carbocycles. The maximum Gasteiger partial charge on any atom is 0.417 e. The van der Waals surface area contributed by atoms with Crippen LogP contribution in [0.5, 0.6) is 0 Å². The second-order valence-electron chi connectivity index (χ2n) is 6.60. The van der Waals surface area contributed by atoms with Crippen LogP contribution in [0.1, 0.15) is 23.0 Å². The number of benzene rings is 2. The molecule has 0 fully saturated rings. The highest BCUT2D eigenvalue weighted by Crippen LogP contribution is 2.39. The normalized spacial score (nSPS) is 18.4. The summed E-state index contributed by atoms with van der Waals surface area (Å²) in [7, 11) is 0. The molecule has 2 N–H and O–H groups in total. The molecule has 0 aliphatic carbocycles. The zero-order chi connectivity index (χ0) is 21.5. The molecular formula is C19H15ClF3N5OS. The van der Waals surface area contributed by atoms with Crippen LogP contribution >= 0.6 is 23.4 Å². The first-order chi connectivity index (χ1) is 14.2.